The molecule has 0 radical (unpaired) electrons. The number of nitrogen functional groups attached to an aromatic ring is 2. The maximum Gasteiger partial charge on any atom is 0.146 e. The summed E-state index contributed by atoms with van der Waals surface area (Å²) in [4.78, 5) is 4.01. The molecule has 0 saturated heterocycles. The Labute approximate surface area is 90.9 Å². The van der Waals surface area contributed by atoms with Crippen molar-refractivity contribution >= 4 is 11.5 Å². The van der Waals surface area contributed by atoms with Crippen LogP contribution >= 0.6 is 0 Å². The number of pyridine rings is 1. The molecule has 4 N–H and O–H groups in total. The fraction of sp³-hybridized carbons (Fsp3) is 0.583. The molecule has 1 atom stereocenters. The van der Waals surface area contributed by atoms with Crippen molar-refractivity contribution in [3.63, 3.8) is 0 Å². The molecule has 0 aromatic carbocycles. The number of rotatable bonds is 4. The molecule has 1 unspecified atom stereocenters. The van der Waals surface area contributed by atoms with Crippen molar-refractivity contribution in [2.75, 3.05) is 11.5 Å². The maximum atomic E-state index is 5.99. The van der Waals surface area contributed by atoms with Crippen molar-refractivity contribution in [3.05, 3.63) is 17.8 Å². The quantitative estimate of drug-likeness (QED) is 0.793. The van der Waals surface area contributed by atoms with Gasteiger partial charge in [-0.1, -0.05) is 13.3 Å². The highest BCUT2D eigenvalue weighted by Crippen LogP contribution is 2.46. The van der Waals surface area contributed by atoms with E-state index in [4.69, 9.17) is 11.5 Å². The molecule has 82 valence electrons. The van der Waals surface area contributed by atoms with Gasteiger partial charge in [0.05, 0.1) is 5.69 Å². The fourth-order valence-corrected chi connectivity index (χ4v) is 2.28. The Balaban J connectivity index is 2.28. The summed E-state index contributed by atoms with van der Waals surface area (Å²) in [7, 11) is 0. The zero-order chi connectivity index (χ0) is 10.8. The predicted molar refractivity (Wildman–Crippen MR) is 63.4 cm³/mol. The molecule has 1 fully saturated rings. The van der Waals surface area contributed by atoms with Crippen LogP contribution in [0.1, 0.15) is 44.1 Å². The molecule has 0 amide bonds. The Hall–Kier alpha value is -1.25. The van der Waals surface area contributed by atoms with E-state index in [1.165, 1.54) is 31.2 Å². The van der Waals surface area contributed by atoms with Gasteiger partial charge in [0.2, 0.25) is 0 Å². The third-order valence-electron chi connectivity index (χ3n) is 3.24. The zero-order valence-corrected chi connectivity index (χ0v) is 9.24. The van der Waals surface area contributed by atoms with E-state index in [2.05, 4.69) is 11.9 Å². The Morgan fingerprint density at radius 1 is 1.47 bits per heavy atom. The molecule has 15 heavy (non-hydrogen) atoms. The number of anilines is 2. The van der Waals surface area contributed by atoms with Crippen LogP contribution in [0, 0.1) is 5.92 Å². The van der Waals surface area contributed by atoms with E-state index < -0.39 is 0 Å². The number of aromatic nitrogens is 1. The predicted octanol–water partition coefficient (Wildman–Crippen LogP) is 2.54. The lowest BCUT2D eigenvalue weighted by Gasteiger charge is -2.18. The molecule has 1 aromatic heterocycles. The van der Waals surface area contributed by atoms with Gasteiger partial charge in [-0.2, -0.15) is 0 Å². The highest BCUT2D eigenvalue weighted by atomic mass is 14.9. The number of hydrogen-bond acceptors (Lipinski definition) is 3. The molecule has 1 aromatic rings. The zero-order valence-electron chi connectivity index (χ0n) is 9.24. The minimum atomic E-state index is 0.481. The van der Waals surface area contributed by atoms with E-state index in [0.29, 0.717) is 17.4 Å². The molecule has 1 saturated carbocycles. The Kier molecular flexibility index (Phi) is 2.80. The maximum absolute atomic E-state index is 5.99. The second-order valence-corrected chi connectivity index (χ2v) is 4.43. The average molecular weight is 205 g/mol. The normalized spacial score (nSPS) is 17.7. The van der Waals surface area contributed by atoms with Gasteiger partial charge in [-0.25, -0.2) is 4.98 Å². The van der Waals surface area contributed by atoms with Crippen LogP contribution in [0.5, 0.6) is 0 Å². The second kappa shape index (κ2) is 4.09. The average Bonchev–Trinajstić information content (AvgIpc) is 3.03. The third-order valence-corrected chi connectivity index (χ3v) is 3.24. The lowest BCUT2D eigenvalue weighted by molar-refractivity contribution is 0.551. The number of nitrogens with two attached hydrogens (primary N) is 2. The van der Waals surface area contributed by atoms with Crippen LogP contribution in [-0.2, 0) is 0 Å². The molecular formula is C12H19N3. The van der Waals surface area contributed by atoms with Gasteiger partial charge in [-0.05, 0) is 42.7 Å². The Morgan fingerprint density at radius 3 is 2.80 bits per heavy atom. The molecule has 3 nitrogen and oxygen atoms in total. The fourth-order valence-electron chi connectivity index (χ4n) is 2.28. The molecule has 1 aliphatic rings. The van der Waals surface area contributed by atoms with Crippen LogP contribution in [0.15, 0.2) is 12.3 Å². The SMILES string of the molecule is CCCC(c1ccnc(N)c1N)C1CC1. The number of hydrogen-bond donors (Lipinski definition) is 2. The summed E-state index contributed by atoms with van der Waals surface area (Å²) in [5.74, 6) is 1.91. The van der Waals surface area contributed by atoms with Gasteiger partial charge < -0.3 is 11.5 Å². The molecule has 0 bridgehead atoms. The van der Waals surface area contributed by atoms with E-state index in [1.54, 1.807) is 6.20 Å². The second-order valence-electron chi connectivity index (χ2n) is 4.43. The summed E-state index contributed by atoms with van der Waals surface area (Å²) in [5, 5.41) is 0. The van der Waals surface area contributed by atoms with E-state index in [1.807, 2.05) is 6.07 Å². The highest BCUT2D eigenvalue weighted by Gasteiger charge is 2.32. The van der Waals surface area contributed by atoms with Crippen molar-refractivity contribution in [2.45, 2.75) is 38.5 Å². The van der Waals surface area contributed by atoms with Crippen LogP contribution in [0.3, 0.4) is 0 Å². The monoisotopic (exact) mass is 205 g/mol. The van der Waals surface area contributed by atoms with E-state index in [9.17, 15) is 0 Å². The molecule has 1 heterocycles. The van der Waals surface area contributed by atoms with Gasteiger partial charge >= 0.3 is 0 Å². The first-order valence-corrected chi connectivity index (χ1v) is 5.74. The van der Waals surface area contributed by atoms with Crippen molar-refractivity contribution in [2.24, 2.45) is 5.92 Å². The highest BCUT2D eigenvalue weighted by molar-refractivity contribution is 5.63. The summed E-state index contributed by atoms with van der Waals surface area (Å²) in [6, 6.07) is 2.03. The van der Waals surface area contributed by atoms with Crippen LogP contribution in [0.25, 0.3) is 0 Å². The Morgan fingerprint density at radius 2 is 2.20 bits per heavy atom. The standard InChI is InChI=1S/C12H19N3/c1-2-3-9(8-4-5-8)10-6-7-15-12(14)11(10)13/h6-9H,2-5,13H2,1H3,(H2,14,15). The molecule has 3 heteroatoms. The molecular weight excluding hydrogens is 186 g/mol. The van der Waals surface area contributed by atoms with Crippen LogP contribution < -0.4 is 11.5 Å². The van der Waals surface area contributed by atoms with Crippen molar-refractivity contribution < 1.29 is 0 Å². The first-order chi connectivity index (χ1) is 7.24. The molecule has 2 rings (SSSR count). The van der Waals surface area contributed by atoms with Crippen LogP contribution in [0.4, 0.5) is 11.5 Å². The van der Waals surface area contributed by atoms with Gasteiger partial charge in [-0.3, -0.25) is 0 Å². The summed E-state index contributed by atoms with van der Waals surface area (Å²) >= 11 is 0. The van der Waals surface area contributed by atoms with Gasteiger partial charge in [0, 0.05) is 6.20 Å². The largest absolute Gasteiger partial charge is 0.396 e. The third kappa shape index (κ3) is 2.06. The van der Waals surface area contributed by atoms with Crippen molar-refractivity contribution in [3.8, 4) is 0 Å². The van der Waals surface area contributed by atoms with E-state index in [-0.39, 0.29) is 0 Å². The summed E-state index contributed by atoms with van der Waals surface area (Å²) in [6.07, 6.45) is 6.85. The van der Waals surface area contributed by atoms with Gasteiger partial charge in [-0.15, -0.1) is 0 Å². The van der Waals surface area contributed by atoms with Gasteiger partial charge in [0.1, 0.15) is 5.82 Å². The number of nitrogens with zero attached hydrogens (tertiary/aromatic N) is 1. The minimum absolute atomic E-state index is 0.481. The first-order valence-electron chi connectivity index (χ1n) is 5.74. The topological polar surface area (TPSA) is 64.9 Å². The van der Waals surface area contributed by atoms with Crippen LogP contribution in [0.2, 0.25) is 0 Å². The summed E-state index contributed by atoms with van der Waals surface area (Å²) in [6.45, 7) is 2.22. The van der Waals surface area contributed by atoms with Crippen molar-refractivity contribution in [1.82, 2.24) is 4.98 Å². The summed E-state index contributed by atoms with van der Waals surface area (Å²) in [5.41, 5.74) is 13.6. The van der Waals surface area contributed by atoms with Gasteiger partial charge in [0.25, 0.3) is 0 Å². The lowest BCUT2D eigenvalue weighted by Crippen LogP contribution is -2.08. The van der Waals surface area contributed by atoms with Crippen molar-refractivity contribution in [1.29, 1.82) is 0 Å². The van der Waals surface area contributed by atoms with Gasteiger partial charge in [0.15, 0.2) is 0 Å². The first kappa shape index (κ1) is 10.3. The minimum Gasteiger partial charge on any atom is -0.396 e. The lowest BCUT2D eigenvalue weighted by atomic mass is 9.89. The summed E-state index contributed by atoms with van der Waals surface area (Å²) < 4.78 is 0. The molecule has 0 aliphatic heterocycles. The molecule has 0 spiro atoms. The van der Waals surface area contributed by atoms with E-state index >= 15 is 0 Å². The Bertz CT molecular complexity index is 345. The van der Waals surface area contributed by atoms with Crippen LogP contribution in [-0.4, -0.2) is 4.98 Å². The molecule has 1 aliphatic carbocycles. The smallest absolute Gasteiger partial charge is 0.146 e. The van der Waals surface area contributed by atoms with E-state index in [0.717, 1.165) is 5.92 Å².